The van der Waals surface area contributed by atoms with Crippen molar-refractivity contribution in [3.63, 3.8) is 0 Å². The Labute approximate surface area is 155 Å². The molecule has 146 valence electrons. The number of hydrogen-bond acceptors (Lipinski definition) is 8. The van der Waals surface area contributed by atoms with Crippen molar-refractivity contribution in [1.82, 2.24) is 14.5 Å². The number of fused-ring (bicyclic) bond motifs is 2. The molecular weight excluding hydrogens is 356 g/mol. The molecule has 2 fully saturated rings. The third kappa shape index (κ3) is 3.50. The van der Waals surface area contributed by atoms with Gasteiger partial charge in [0.2, 0.25) is 11.2 Å². The zero-order valence-electron chi connectivity index (χ0n) is 15.1. The summed E-state index contributed by atoms with van der Waals surface area (Å²) in [5, 5.41) is 0. The number of rotatable bonds is 2. The van der Waals surface area contributed by atoms with Crippen LogP contribution in [0.2, 0.25) is 0 Å². The second-order valence-electron chi connectivity index (χ2n) is 6.92. The molecule has 10 nitrogen and oxygen atoms in total. The van der Waals surface area contributed by atoms with Crippen molar-refractivity contribution in [3.05, 3.63) is 28.2 Å². The number of nitrogens with zero attached hydrogens (tertiary/aromatic N) is 3. The van der Waals surface area contributed by atoms with Gasteiger partial charge in [0, 0.05) is 31.9 Å². The molecule has 1 aromatic rings. The molecule has 3 aliphatic heterocycles. The van der Waals surface area contributed by atoms with E-state index >= 15 is 0 Å². The molecule has 0 spiro atoms. The molecule has 0 saturated carbocycles. The fourth-order valence-electron chi connectivity index (χ4n) is 3.52. The average molecular weight is 378 g/mol. The minimum Gasteiger partial charge on any atom is -0.431 e. The Morgan fingerprint density at radius 1 is 1.26 bits per heavy atom. The first-order valence-corrected chi connectivity index (χ1v) is 9.01. The number of pyridine rings is 1. The Bertz CT molecular complexity index is 801. The molecule has 0 aliphatic carbocycles. The van der Waals surface area contributed by atoms with Gasteiger partial charge in [0.25, 0.3) is 5.91 Å². The van der Waals surface area contributed by atoms with Crippen molar-refractivity contribution < 1.29 is 23.8 Å². The monoisotopic (exact) mass is 378 g/mol. The Kier molecular flexibility index (Phi) is 4.75. The molecule has 4 heterocycles. The van der Waals surface area contributed by atoms with Crippen LogP contribution < -0.4 is 15.6 Å². The Balaban J connectivity index is 1.54. The molecule has 1 N–H and O–H groups in total. The van der Waals surface area contributed by atoms with Gasteiger partial charge in [-0.3, -0.25) is 14.3 Å². The van der Waals surface area contributed by atoms with Gasteiger partial charge < -0.3 is 29.4 Å². The van der Waals surface area contributed by atoms with Crippen LogP contribution in [0.5, 0.6) is 5.75 Å². The summed E-state index contributed by atoms with van der Waals surface area (Å²) < 4.78 is 17.3. The lowest BCUT2D eigenvalue weighted by Gasteiger charge is -2.41. The first-order valence-electron chi connectivity index (χ1n) is 9.01. The Morgan fingerprint density at radius 3 is 2.81 bits per heavy atom. The van der Waals surface area contributed by atoms with Crippen LogP contribution in [0.25, 0.3) is 0 Å². The number of morpholine rings is 1. The van der Waals surface area contributed by atoms with Crippen molar-refractivity contribution in [2.45, 2.75) is 25.1 Å². The molecule has 27 heavy (non-hydrogen) atoms. The minimum atomic E-state index is -0.965. The summed E-state index contributed by atoms with van der Waals surface area (Å²) >= 11 is 0. The first kappa shape index (κ1) is 17.8. The summed E-state index contributed by atoms with van der Waals surface area (Å²) in [5.74, 6) is -0.709. The van der Waals surface area contributed by atoms with E-state index < -0.39 is 11.6 Å². The number of carbonyl (C=O) groups excluding carboxylic acids is 2. The van der Waals surface area contributed by atoms with Gasteiger partial charge in [0.15, 0.2) is 5.69 Å². The number of aromatic nitrogens is 1. The molecule has 1 aromatic heterocycles. The van der Waals surface area contributed by atoms with Gasteiger partial charge in [-0.1, -0.05) is 0 Å². The molecule has 0 bridgehead atoms. The quantitative estimate of drug-likeness (QED) is 0.707. The first-order chi connectivity index (χ1) is 13.0. The fourth-order valence-corrected chi connectivity index (χ4v) is 3.52. The number of carbonyl (C=O) groups is 2. The number of ether oxygens (including phenoxy) is 3. The van der Waals surface area contributed by atoms with E-state index in [1.54, 1.807) is 4.90 Å². The zero-order valence-corrected chi connectivity index (χ0v) is 15.1. The lowest BCUT2D eigenvalue weighted by Crippen LogP contribution is -2.59. The lowest BCUT2D eigenvalue weighted by atomic mass is 10.1. The summed E-state index contributed by atoms with van der Waals surface area (Å²) in [6, 6.07) is 1.24. The highest BCUT2D eigenvalue weighted by Crippen LogP contribution is 2.23. The Morgan fingerprint density at radius 2 is 2.04 bits per heavy atom. The molecule has 0 radical (unpaired) electrons. The van der Waals surface area contributed by atoms with Crippen LogP contribution >= 0.6 is 0 Å². The smallest absolute Gasteiger partial charge is 0.431 e. The lowest BCUT2D eigenvalue weighted by molar-refractivity contribution is -0.00351. The summed E-state index contributed by atoms with van der Waals surface area (Å²) in [5.41, 5.74) is 2.51. The van der Waals surface area contributed by atoms with Crippen LogP contribution in [0.4, 0.5) is 4.79 Å². The van der Waals surface area contributed by atoms with E-state index in [0.717, 1.165) is 13.1 Å². The Hall–Kier alpha value is -2.59. The average Bonchev–Trinajstić information content (AvgIpc) is 2.66. The van der Waals surface area contributed by atoms with Crippen LogP contribution in [0.15, 0.2) is 17.1 Å². The molecule has 1 atom stereocenters. The van der Waals surface area contributed by atoms with Gasteiger partial charge in [-0.25, -0.2) is 4.79 Å². The van der Waals surface area contributed by atoms with Crippen molar-refractivity contribution in [3.8, 4) is 5.75 Å². The van der Waals surface area contributed by atoms with Crippen LogP contribution in [0.1, 0.15) is 23.3 Å². The highest BCUT2D eigenvalue weighted by atomic mass is 16.7. The SMILES string of the molecule is CN1CCC(OC(=O)Oc2c3n(ccc2=O)N[C@@H]2COCCN2C3=O)CC1. The van der Waals surface area contributed by atoms with Crippen LogP contribution in [0, 0.1) is 0 Å². The van der Waals surface area contributed by atoms with Gasteiger partial charge >= 0.3 is 6.16 Å². The molecule has 0 aromatic carbocycles. The van der Waals surface area contributed by atoms with Crippen LogP contribution in [0.3, 0.4) is 0 Å². The number of amides is 1. The van der Waals surface area contributed by atoms with Crippen molar-refractivity contribution >= 4 is 12.1 Å². The molecular formula is C17H22N4O6. The largest absolute Gasteiger partial charge is 0.514 e. The number of piperidine rings is 1. The topological polar surface area (TPSA) is 102 Å². The van der Waals surface area contributed by atoms with E-state index in [2.05, 4.69) is 10.3 Å². The van der Waals surface area contributed by atoms with E-state index in [4.69, 9.17) is 14.2 Å². The molecule has 1 amide bonds. The maximum Gasteiger partial charge on any atom is 0.514 e. The third-order valence-corrected chi connectivity index (χ3v) is 5.05. The molecule has 10 heteroatoms. The predicted molar refractivity (Wildman–Crippen MR) is 93.3 cm³/mol. The highest BCUT2D eigenvalue weighted by molar-refractivity contribution is 5.97. The predicted octanol–water partition coefficient (Wildman–Crippen LogP) is -0.186. The second-order valence-corrected chi connectivity index (χ2v) is 6.92. The van der Waals surface area contributed by atoms with Crippen LogP contribution in [-0.2, 0) is 9.47 Å². The van der Waals surface area contributed by atoms with E-state index in [0.29, 0.717) is 32.6 Å². The van der Waals surface area contributed by atoms with Crippen molar-refractivity contribution in [2.24, 2.45) is 0 Å². The number of hydrogen-bond donors (Lipinski definition) is 1. The van der Waals surface area contributed by atoms with E-state index in [1.807, 2.05) is 7.05 Å². The second kappa shape index (κ2) is 7.20. The van der Waals surface area contributed by atoms with Crippen molar-refractivity contribution in [2.75, 3.05) is 45.3 Å². The maximum absolute atomic E-state index is 12.9. The normalized spacial score (nSPS) is 23.2. The summed E-state index contributed by atoms with van der Waals surface area (Å²) in [6.07, 6.45) is 1.29. The maximum atomic E-state index is 12.9. The summed E-state index contributed by atoms with van der Waals surface area (Å²) in [7, 11) is 2.00. The van der Waals surface area contributed by atoms with Gasteiger partial charge in [0.05, 0.1) is 13.2 Å². The molecule has 0 unspecified atom stereocenters. The van der Waals surface area contributed by atoms with E-state index in [1.165, 1.54) is 16.9 Å². The highest BCUT2D eigenvalue weighted by Gasteiger charge is 2.37. The molecule has 4 rings (SSSR count). The van der Waals surface area contributed by atoms with Crippen LogP contribution in [-0.4, -0.2) is 78.7 Å². The van der Waals surface area contributed by atoms with Gasteiger partial charge in [0.1, 0.15) is 12.3 Å². The zero-order chi connectivity index (χ0) is 19.0. The van der Waals surface area contributed by atoms with Gasteiger partial charge in [-0.15, -0.1) is 0 Å². The standard InChI is InChI=1S/C17H22N4O6/c1-19-5-2-11(3-6-19)26-17(24)27-15-12(22)4-7-21-14(15)16(23)20-8-9-25-10-13(20)18-21/h4,7,11,13,18H,2-3,5-6,8-10H2,1H3/t13-/m0/s1. The number of likely N-dealkylation sites (tertiary alicyclic amines) is 1. The molecule has 3 aliphatic rings. The number of nitrogens with one attached hydrogen (secondary N) is 1. The molecule has 2 saturated heterocycles. The van der Waals surface area contributed by atoms with E-state index in [9.17, 15) is 14.4 Å². The van der Waals surface area contributed by atoms with Gasteiger partial charge in [-0.2, -0.15) is 0 Å². The third-order valence-electron chi connectivity index (χ3n) is 5.05. The summed E-state index contributed by atoms with van der Waals surface area (Å²) in [6.45, 7) is 2.78. The minimum absolute atomic E-state index is 0.0130. The van der Waals surface area contributed by atoms with E-state index in [-0.39, 0.29) is 29.6 Å². The summed E-state index contributed by atoms with van der Waals surface area (Å²) in [4.78, 5) is 41.1. The van der Waals surface area contributed by atoms with Gasteiger partial charge in [-0.05, 0) is 19.9 Å². The fraction of sp³-hybridized carbons (Fsp3) is 0.588. The van der Waals surface area contributed by atoms with Crippen molar-refractivity contribution in [1.29, 1.82) is 0 Å².